The molecule has 1 aliphatic heterocycles. The highest BCUT2D eigenvalue weighted by Crippen LogP contribution is 2.33. The van der Waals surface area contributed by atoms with E-state index >= 15 is 0 Å². The molecule has 35 heavy (non-hydrogen) atoms. The average molecular weight is 489 g/mol. The van der Waals surface area contributed by atoms with Crippen molar-refractivity contribution in [1.29, 1.82) is 0 Å². The maximum atomic E-state index is 13.1. The van der Waals surface area contributed by atoms with Crippen LogP contribution < -0.4 is 15.0 Å². The van der Waals surface area contributed by atoms with Crippen LogP contribution in [0.1, 0.15) is 46.8 Å². The molecule has 0 unspecified atom stereocenters. The maximum absolute atomic E-state index is 13.1. The van der Waals surface area contributed by atoms with Crippen LogP contribution in [0.2, 0.25) is 0 Å². The zero-order chi connectivity index (χ0) is 25.3. The summed E-state index contributed by atoms with van der Waals surface area (Å²) in [6.45, 7) is 7.82. The fourth-order valence-electron chi connectivity index (χ4n) is 3.85. The number of ether oxygens (including phenoxy) is 1. The number of carbonyl (C=O) groups excluding carboxylic acids is 3. The Bertz CT molecular complexity index is 1360. The van der Waals surface area contributed by atoms with Gasteiger partial charge < -0.3 is 10.1 Å². The molecule has 4 rings (SSSR count). The topological polar surface area (TPSA) is 75.7 Å². The van der Waals surface area contributed by atoms with Gasteiger partial charge in [-0.3, -0.25) is 9.59 Å². The molecule has 7 heteroatoms. The lowest BCUT2D eigenvalue weighted by molar-refractivity contribution is -0.120. The van der Waals surface area contributed by atoms with Gasteiger partial charge in [0.2, 0.25) is 0 Å². The van der Waals surface area contributed by atoms with Gasteiger partial charge in [0.05, 0.1) is 11.3 Å². The summed E-state index contributed by atoms with van der Waals surface area (Å²) in [6.07, 6.45) is 0. The number of anilines is 2. The second-order valence-electron chi connectivity index (χ2n) is 8.64. The number of hydrogen-bond donors (Lipinski definition) is 1. The van der Waals surface area contributed by atoms with Crippen molar-refractivity contribution in [2.24, 2.45) is 0 Å². The Morgan fingerprint density at radius 3 is 2.29 bits per heavy atom. The van der Waals surface area contributed by atoms with Crippen LogP contribution in [0.3, 0.4) is 0 Å². The van der Waals surface area contributed by atoms with E-state index in [1.54, 1.807) is 42.5 Å². The van der Waals surface area contributed by atoms with E-state index in [2.05, 4.69) is 5.32 Å². The minimum absolute atomic E-state index is 0.0150. The van der Waals surface area contributed by atoms with Gasteiger partial charge in [0, 0.05) is 5.69 Å². The standard InChI is InChI=1S/C28H25ClN2O4/c1-16(2)21-9-5-6-11-23(21)35-28(34)19-12-14-20(15-13-19)30-25-24(29)26(32)31(27(25)33)22-10-7-8-17(3)18(22)4/h5-16,30H,1-4H3. The molecule has 0 radical (unpaired) electrons. The fraction of sp³-hybridized carbons (Fsp3) is 0.179. The van der Waals surface area contributed by atoms with Crippen molar-refractivity contribution in [3.63, 3.8) is 0 Å². The van der Waals surface area contributed by atoms with E-state index in [-0.39, 0.29) is 16.6 Å². The largest absolute Gasteiger partial charge is 0.423 e. The Morgan fingerprint density at radius 2 is 1.60 bits per heavy atom. The van der Waals surface area contributed by atoms with Gasteiger partial charge in [0.15, 0.2) is 0 Å². The molecule has 0 aliphatic carbocycles. The quantitative estimate of drug-likeness (QED) is 0.258. The number of halogens is 1. The number of carbonyl (C=O) groups is 3. The van der Waals surface area contributed by atoms with Gasteiger partial charge in [-0.25, -0.2) is 9.69 Å². The van der Waals surface area contributed by atoms with Gasteiger partial charge in [-0.15, -0.1) is 0 Å². The molecular formula is C28H25ClN2O4. The minimum Gasteiger partial charge on any atom is -0.423 e. The predicted octanol–water partition coefficient (Wildman–Crippen LogP) is 6.08. The molecule has 178 valence electrons. The molecule has 0 atom stereocenters. The summed E-state index contributed by atoms with van der Waals surface area (Å²) in [6, 6.07) is 19.2. The van der Waals surface area contributed by atoms with Crippen LogP contribution in [0.25, 0.3) is 0 Å². The lowest BCUT2D eigenvalue weighted by Crippen LogP contribution is -2.33. The predicted molar refractivity (Wildman–Crippen MR) is 137 cm³/mol. The smallest absolute Gasteiger partial charge is 0.343 e. The van der Waals surface area contributed by atoms with Crippen LogP contribution in [0.5, 0.6) is 5.75 Å². The molecule has 2 amide bonds. The molecule has 1 aliphatic rings. The zero-order valence-corrected chi connectivity index (χ0v) is 20.6. The third-order valence-electron chi connectivity index (χ3n) is 5.98. The monoisotopic (exact) mass is 488 g/mol. The summed E-state index contributed by atoms with van der Waals surface area (Å²) in [4.78, 5) is 39.6. The van der Waals surface area contributed by atoms with Crippen molar-refractivity contribution in [3.05, 3.63) is 99.7 Å². The van der Waals surface area contributed by atoms with Crippen LogP contribution in [0, 0.1) is 13.8 Å². The van der Waals surface area contributed by atoms with Crippen LogP contribution in [0.4, 0.5) is 11.4 Å². The molecule has 1 heterocycles. The van der Waals surface area contributed by atoms with Crippen molar-refractivity contribution >= 4 is 40.8 Å². The Balaban J connectivity index is 1.51. The van der Waals surface area contributed by atoms with Crippen LogP contribution >= 0.6 is 11.6 Å². The number of esters is 1. The lowest BCUT2D eigenvalue weighted by atomic mass is 10.0. The average Bonchev–Trinajstić information content (AvgIpc) is 3.04. The molecule has 0 fully saturated rings. The summed E-state index contributed by atoms with van der Waals surface area (Å²) in [5.41, 5.74) is 4.05. The normalized spacial score (nSPS) is 13.6. The Kier molecular flexibility index (Phi) is 6.76. The Labute approximate surface area is 209 Å². The minimum atomic E-state index is -0.586. The molecular weight excluding hydrogens is 464 g/mol. The van der Waals surface area contributed by atoms with Gasteiger partial charge in [-0.2, -0.15) is 0 Å². The van der Waals surface area contributed by atoms with Crippen molar-refractivity contribution in [1.82, 2.24) is 0 Å². The number of imide groups is 1. The number of amides is 2. The molecule has 1 N–H and O–H groups in total. The molecule has 3 aromatic rings. The van der Waals surface area contributed by atoms with Crippen LogP contribution in [-0.2, 0) is 9.59 Å². The highest BCUT2D eigenvalue weighted by molar-refractivity contribution is 6.53. The van der Waals surface area contributed by atoms with Crippen molar-refractivity contribution < 1.29 is 19.1 Å². The molecule has 0 saturated heterocycles. The second kappa shape index (κ2) is 9.76. The number of rotatable bonds is 6. The van der Waals surface area contributed by atoms with E-state index in [0.717, 1.165) is 21.6 Å². The van der Waals surface area contributed by atoms with E-state index in [9.17, 15) is 14.4 Å². The van der Waals surface area contributed by atoms with Crippen molar-refractivity contribution in [3.8, 4) is 5.75 Å². The molecule has 0 spiro atoms. The zero-order valence-electron chi connectivity index (χ0n) is 19.9. The first-order valence-corrected chi connectivity index (χ1v) is 11.6. The van der Waals surface area contributed by atoms with Crippen LogP contribution in [-0.4, -0.2) is 17.8 Å². The third kappa shape index (κ3) is 4.70. The first kappa shape index (κ1) is 24.2. The van der Waals surface area contributed by atoms with Crippen molar-refractivity contribution in [2.75, 3.05) is 10.2 Å². The second-order valence-corrected chi connectivity index (χ2v) is 9.02. The van der Waals surface area contributed by atoms with E-state index in [0.29, 0.717) is 22.7 Å². The van der Waals surface area contributed by atoms with Gasteiger partial charge in [0.1, 0.15) is 16.5 Å². The summed E-state index contributed by atoms with van der Waals surface area (Å²) in [5.74, 6) is -0.888. The molecule has 0 bridgehead atoms. The number of para-hydroxylation sites is 1. The van der Waals surface area contributed by atoms with Gasteiger partial charge in [-0.05, 0) is 72.9 Å². The summed E-state index contributed by atoms with van der Waals surface area (Å²) in [5, 5.41) is 2.74. The molecule has 6 nitrogen and oxygen atoms in total. The van der Waals surface area contributed by atoms with Gasteiger partial charge in [0.25, 0.3) is 11.8 Å². The number of aryl methyl sites for hydroxylation is 1. The highest BCUT2D eigenvalue weighted by atomic mass is 35.5. The van der Waals surface area contributed by atoms with E-state index in [1.807, 2.05) is 52.0 Å². The van der Waals surface area contributed by atoms with E-state index in [4.69, 9.17) is 16.3 Å². The molecule has 3 aromatic carbocycles. The van der Waals surface area contributed by atoms with Gasteiger partial charge in [-0.1, -0.05) is 55.8 Å². The summed E-state index contributed by atoms with van der Waals surface area (Å²) >= 11 is 6.25. The first-order valence-electron chi connectivity index (χ1n) is 11.2. The molecule has 0 saturated carbocycles. The SMILES string of the molecule is Cc1cccc(N2C(=O)C(Cl)=C(Nc3ccc(C(=O)Oc4ccccc4C(C)C)cc3)C2=O)c1C. The fourth-order valence-corrected chi connectivity index (χ4v) is 4.06. The first-order chi connectivity index (χ1) is 16.7. The third-order valence-corrected chi connectivity index (χ3v) is 6.33. The Hall–Kier alpha value is -3.90. The van der Waals surface area contributed by atoms with Gasteiger partial charge >= 0.3 is 5.97 Å². The summed E-state index contributed by atoms with van der Waals surface area (Å²) in [7, 11) is 0. The lowest BCUT2D eigenvalue weighted by Gasteiger charge is -2.18. The Morgan fingerprint density at radius 1 is 0.914 bits per heavy atom. The summed E-state index contributed by atoms with van der Waals surface area (Å²) < 4.78 is 5.60. The van der Waals surface area contributed by atoms with E-state index in [1.165, 1.54) is 0 Å². The highest BCUT2D eigenvalue weighted by Gasteiger charge is 2.39. The number of benzene rings is 3. The van der Waals surface area contributed by atoms with E-state index < -0.39 is 17.8 Å². The number of hydrogen-bond acceptors (Lipinski definition) is 5. The van der Waals surface area contributed by atoms with Crippen LogP contribution in [0.15, 0.2) is 77.5 Å². The number of nitrogens with zero attached hydrogens (tertiary/aromatic N) is 1. The maximum Gasteiger partial charge on any atom is 0.343 e. The number of nitrogens with one attached hydrogen (secondary N) is 1. The molecule has 0 aromatic heterocycles. The van der Waals surface area contributed by atoms with Crippen molar-refractivity contribution in [2.45, 2.75) is 33.6 Å².